The van der Waals surface area contributed by atoms with Crippen molar-refractivity contribution in [1.82, 2.24) is 5.32 Å². The zero-order valence-corrected chi connectivity index (χ0v) is 8.00. The van der Waals surface area contributed by atoms with Crippen LogP contribution < -0.4 is 5.32 Å². The predicted octanol–water partition coefficient (Wildman–Crippen LogP) is 1.88. The summed E-state index contributed by atoms with van der Waals surface area (Å²) in [7, 11) is 0. The Bertz CT molecular complexity index is 295. The molecule has 0 aromatic heterocycles. The molecule has 0 saturated carbocycles. The molecule has 1 atom stereocenters. The average molecular weight is 195 g/mol. The lowest BCUT2D eigenvalue weighted by Gasteiger charge is -2.15. The Morgan fingerprint density at radius 1 is 1.36 bits per heavy atom. The molecule has 0 radical (unpaired) electrons. The lowest BCUT2D eigenvalue weighted by Crippen LogP contribution is -2.20. The van der Waals surface area contributed by atoms with Crippen molar-refractivity contribution >= 4 is 0 Å². The van der Waals surface area contributed by atoms with Gasteiger partial charge in [0.2, 0.25) is 0 Å². The Kier molecular flexibility index (Phi) is 3.11. The summed E-state index contributed by atoms with van der Waals surface area (Å²) in [6.45, 7) is 2.35. The van der Waals surface area contributed by atoms with Gasteiger partial charge in [0, 0.05) is 18.7 Å². The quantitative estimate of drug-likeness (QED) is 0.738. The van der Waals surface area contributed by atoms with Gasteiger partial charge >= 0.3 is 0 Å². The van der Waals surface area contributed by atoms with Gasteiger partial charge < -0.3 is 10.1 Å². The smallest absolute Gasteiger partial charge is 0.129 e. The van der Waals surface area contributed by atoms with E-state index in [4.69, 9.17) is 4.74 Å². The summed E-state index contributed by atoms with van der Waals surface area (Å²) < 4.78 is 19.0. The van der Waals surface area contributed by atoms with Gasteiger partial charge in [0.05, 0.1) is 6.10 Å². The maximum atomic E-state index is 13.4. The van der Waals surface area contributed by atoms with Gasteiger partial charge in [-0.2, -0.15) is 0 Å². The van der Waals surface area contributed by atoms with Crippen LogP contribution in [0.25, 0.3) is 0 Å². The van der Waals surface area contributed by atoms with Crippen LogP contribution in [0.3, 0.4) is 0 Å². The molecule has 2 nitrogen and oxygen atoms in total. The highest BCUT2D eigenvalue weighted by Crippen LogP contribution is 2.21. The summed E-state index contributed by atoms with van der Waals surface area (Å²) in [6, 6.07) is 6.80. The van der Waals surface area contributed by atoms with Crippen LogP contribution in [0.4, 0.5) is 4.39 Å². The second-order valence-corrected chi connectivity index (χ2v) is 3.44. The number of hydrogen-bond acceptors (Lipinski definition) is 2. The van der Waals surface area contributed by atoms with E-state index in [1.165, 1.54) is 6.07 Å². The normalized spacial score (nSPS) is 23.1. The summed E-state index contributed by atoms with van der Waals surface area (Å²) in [6.07, 6.45) is 0.851. The highest BCUT2D eigenvalue weighted by atomic mass is 19.1. The van der Waals surface area contributed by atoms with Gasteiger partial charge in [-0.25, -0.2) is 4.39 Å². The molecule has 2 rings (SSSR count). The van der Waals surface area contributed by atoms with Crippen LogP contribution in [0.2, 0.25) is 0 Å². The fraction of sp³-hybridized carbons (Fsp3) is 0.455. The Hall–Kier alpha value is -0.930. The van der Waals surface area contributed by atoms with Gasteiger partial charge in [-0.3, -0.25) is 0 Å². The molecular formula is C11H14FNO. The zero-order chi connectivity index (χ0) is 9.80. The van der Waals surface area contributed by atoms with Crippen molar-refractivity contribution in [2.75, 3.05) is 19.7 Å². The molecule has 76 valence electrons. The van der Waals surface area contributed by atoms with Crippen LogP contribution in [0.1, 0.15) is 18.1 Å². The standard InChI is InChI=1S/C11H14FNO/c12-10-5-2-1-4-9(10)11-8-13-6-3-7-14-11/h1-2,4-5,11,13H,3,6-8H2. The van der Waals surface area contributed by atoms with Gasteiger partial charge in [-0.1, -0.05) is 18.2 Å². The molecule has 1 aliphatic rings. The number of halogens is 1. The Morgan fingerprint density at radius 3 is 3.07 bits per heavy atom. The third kappa shape index (κ3) is 2.11. The summed E-state index contributed by atoms with van der Waals surface area (Å²) in [4.78, 5) is 0. The SMILES string of the molecule is Fc1ccccc1C1CNCCCO1. The molecule has 1 N–H and O–H groups in total. The topological polar surface area (TPSA) is 21.3 Å². The Balaban J connectivity index is 2.16. The molecule has 0 aliphatic carbocycles. The first-order valence-corrected chi connectivity index (χ1v) is 4.94. The van der Waals surface area contributed by atoms with E-state index in [9.17, 15) is 4.39 Å². The minimum Gasteiger partial charge on any atom is -0.372 e. The van der Waals surface area contributed by atoms with Crippen LogP contribution in [0.5, 0.6) is 0 Å². The summed E-state index contributed by atoms with van der Waals surface area (Å²) in [5.74, 6) is -0.179. The van der Waals surface area contributed by atoms with E-state index in [1.807, 2.05) is 6.07 Å². The van der Waals surface area contributed by atoms with Crippen LogP contribution >= 0.6 is 0 Å². The molecule has 1 fully saturated rings. The second-order valence-electron chi connectivity index (χ2n) is 3.44. The average Bonchev–Trinajstić information content (AvgIpc) is 2.47. The minimum atomic E-state index is -0.179. The lowest BCUT2D eigenvalue weighted by molar-refractivity contribution is 0.0644. The van der Waals surface area contributed by atoms with Crippen molar-refractivity contribution in [2.24, 2.45) is 0 Å². The van der Waals surface area contributed by atoms with Crippen molar-refractivity contribution in [1.29, 1.82) is 0 Å². The van der Waals surface area contributed by atoms with Gasteiger partial charge in [0.1, 0.15) is 5.82 Å². The first-order valence-electron chi connectivity index (χ1n) is 4.94. The van der Waals surface area contributed by atoms with Crippen molar-refractivity contribution in [3.8, 4) is 0 Å². The number of hydrogen-bond donors (Lipinski definition) is 1. The number of rotatable bonds is 1. The lowest BCUT2D eigenvalue weighted by atomic mass is 10.1. The first-order chi connectivity index (χ1) is 6.88. The molecule has 1 unspecified atom stereocenters. The molecule has 1 aromatic rings. The van der Waals surface area contributed by atoms with Gasteiger partial charge in [0.25, 0.3) is 0 Å². The zero-order valence-electron chi connectivity index (χ0n) is 8.00. The van der Waals surface area contributed by atoms with Crippen LogP contribution in [-0.4, -0.2) is 19.7 Å². The van der Waals surface area contributed by atoms with Crippen molar-refractivity contribution in [3.63, 3.8) is 0 Å². The monoisotopic (exact) mass is 195 g/mol. The molecule has 14 heavy (non-hydrogen) atoms. The van der Waals surface area contributed by atoms with E-state index in [0.717, 1.165) is 13.0 Å². The molecule has 0 spiro atoms. The fourth-order valence-corrected chi connectivity index (χ4v) is 1.65. The molecule has 1 aliphatic heterocycles. The van der Waals surface area contributed by atoms with Crippen LogP contribution in [0, 0.1) is 5.82 Å². The summed E-state index contributed by atoms with van der Waals surface area (Å²) >= 11 is 0. The highest BCUT2D eigenvalue weighted by molar-refractivity contribution is 5.20. The second kappa shape index (κ2) is 4.53. The van der Waals surface area contributed by atoms with Gasteiger partial charge in [-0.05, 0) is 19.0 Å². The van der Waals surface area contributed by atoms with Crippen LogP contribution in [0.15, 0.2) is 24.3 Å². The molecule has 1 heterocycles. The number of ether oxygens (including phenoxy) is 1. The van der Waals surface area contributed by atoms with E-state index < -0.39 is 0 Å². The molecular weight excluding hydrogens is 181 g/mol. The Labute approximate surface area is 83.1 Å². The van der Waals surface area contributed by atoms with Gasteiger partial charge in [-0.15, -0.1) is 0 Å². The predicted molar refractivity (Wildman–Crippen MR) is 52.6 cm³/mol. The van der Waals surface area contributed by atoms with Gasteiger partial charge in [0.15, 0.2) is 0 Å². The van der Waals surface area contributed by atoms with Crippen LogP contribution in [-0.2, 0) is 4.74 Å². The van der Waals surface area contributed by atoms with Crippen molar-refractivity contribution < 1.29 is 9.13 Å². The first kappa shape index (κ1) is 9.62. The third-order valence-corrected chi connectivity index (χ3v) is 2.40. The van der Waals surface area contributed by atoms with E-state index in [-0.39, 0.29) is 11.9 Å². The van der Waals surface area contributed by atoms with E-state index >= 15 is 0 Å². The highest BCUT2D eigenvalue weighted by Gasteiger charge is 2.17. The summed E-state index contributed by atoms with van der Waals surface area (Å²) in [5, 5.41) is 3.23. The van der Waals surface area contributed by atoms with E-state index in [1.54, 1.807) is 12.1 Å². The summed E-state index contributed by atoms with van der Waals surface area (Å²) in [5.41, 5.74) is 0.655. The maximum Gasteiger partial charge on any atom is 0.129 e. The Morgan fingerprint density at radius 2 is 2.21 bits per heavy atom. The molecule has 1 aromatic carbocycles. The molecule has 0 bridgehead atoms. The fourth-order valence-electron chi connectivity index (χ4n) is 1.65. The minimum absolute atomic E-state index is 0.140. The number of benzene rings is 1. The molecule has 3 heteroatoms. The van der Waals surface area contributed by atoms with Crippen molar-refractivity contribution in [2.45, 2.75) is 12.5 Å². The van der Waals surface area contributed by atoms with E-state index in [0.29, 0.717) is 18.7 Å². The molecule has 0 amide bonds. The number of nitrogens with one attached hydrogen (secondary N) is 1. The molecule has 1 saturated heterocycles. The largest absolute Gasteiger partial charge is 0.372 e. The van der Waals surface area contributed by atoms with E-state index in [2.05, 4.69) is 5.32 Å². The maximum absolute atomic E-state index is 13.4. The van der Waals surface area contributed by atoms with Crippen molar-refractivity contribution in [3.05, 3.63) is 35.6 Å². The third-order valence-electron chi connectivity index (χ3n) is 2.40.